The van der Waals surface area contributed by atoms with Crippen molar-refractivity contribution in [3.05, 3.63) is 89.4 Å². The second-order valence-corrected chi connectivity index (χ2v) is 8.87. The molecule has 0 aliphatic carbocycles. The molecule has 0 aliphatic heterocycles. The molecule has 8 heteroatoms. The molecule has 1 heterocycles. The lowest BCUT2D eigenvalue weighted by Gasteiger charge is -2.18. The van der Waals surface area contributed by atoms with Gasteiger partial charge in [0, 0.05) is 5.02 Å². The number of nitrogens with one attached hydrogen (secondary N) is 2. The van der Waals surface area contributed by atoms with Crippen molar-refractivity contribution < 1.29 is 8.42 Å². The topological polar surface area (TPSA) is 84.0 Å². The van der Waals surface area contributed by atoms with Crippen LogP contribution in [0.3, 0.4) is 0 Å². The number of fused-ring (bicyclic) bond motifs is 1. The first-order chi connectivity index (χ1) is 14.4. The number of aromatic nitrogens is 2. The van der Waals surface area contributed by atoms with E-state index in [-0.39, 0.29) is 16.8 Å². The molecule has 30 heavy (non-hydrogen) atoms. The fourth-order valence-electron chi connectivity index (χ4n) is 3.02. The molecule has 0 spiro atoms. The molecule has 3 aromatic carbocycles. The molecule has 0 saturated carbocycles. The highest BCUT2D eigenvalue weighted by molar-refractivity contribution is 7.92. The minimum absolute atomic E-state index is 0.0482. The Balaban J connectivity index is 1.75. The summed E-state index contributed by atoms with van der Waals surface area (Å²) in [5.41, 5.74) is 2.28. The minimum Gasteiger partial charge on any atom is -0.360 e. The van der Waals surface area contributed by atoms with E-state index < -0.39 is 10.0 Å². The largest absolute Gasteiger partial charge is 0.360 e. The zero-order chi connectivity index (χ0) is 21.1. The molecule has 0 unspecified atom stereocenters. The number of sulfonamides is 1. The summed E-state index contributed by atoms with van der Waals surface area (Å²) in [4.78, 5) is 9.16. The molecule has 2 N–H and O–H groups in total. The van der Waals surface area contributed by atoms with Gasteiger partial charge in [-0.3, -0.25) is 4.72 Å². The second kappa shape index (κ2) is 8.30. The SMILES string of the molecule is C[C@H](Nc1nc2ccccc2nc1NS(=O)(=O)c1cccc(Cl)c1)c1ccccc1. The summed E-state index contributed by atoms with van der Waals surface area (Å²) in [6.07, 6.45) is 0. The molecule has 4 rings (SSSR count). The third kappa shape index (κ3) is 4.37. The van der Waals surface area contributed by atoms with Gasteiger partial charge in [-0.1, -0.05) is 60.1 Å². The van der Waals surface area contributed by atoms with Gasteiger partial charge < -0.3 is 5.32 Å². The van der Waals surface area contributed by atoms with Gasteiger partial charge in [0.2, 0.25) is 0 Å². The van der Waals surface area contributed by atoms with Gasteiger partial charge in [-0.15, -0.1) is 0 Å². The molecule has 0 saturated heterocycles. The number of halogens is 1. The van der Waals surface area contributed by atoms with E-state index in [9.17, 15) is 8.42 Å². The highest BCUT2D eigenvalue weighted by Crippen LogP contribution is 2.28. The van der Waals surface area contributed by atoms with Crippen LogP contribution in [0, 0.1) is 0 Å². The summed E-state index contributed by atoms with van der Waals surface area (Å²) in [7, 11) is -3.90. The lowest BCUT2D eigenvalue weighted by atomic mass is 10.1. The van der Waals surface area contributed by atoms with Crippen LogP contribution in [0.25, 0.3) is 11.0 Å². The summed E-state index contributed by atoms with van der Waals surface area (Å²) in [6, 6.07) is 23.1. The monoisotopic (exact) mass is 438 g/mol. The Hall–Kier alpha value is -3.16. The van der Waals surface area contributed by atoms with Crippen LogP contribution in [-0.4, -0.2) is 18.4 Å². The quantitative estimate of drug-likeness (QED) is 0.429. The molecule has 152 valence electrons. The Morgan fingerprint density at radius 3 is 2.13 bits per heavy atom. The Labute approximate surface area is 180 Å². The van der Waals surface area contributed by atoms with Crippen molar-refractivity contribution in [3.8, 4) is 0 Å². The van der Waals surface area contributed by atoms with Gasteiger partial charge in [0.1, 0.15) is 0 Å². The van der Waals surface area contributed by atoms with E-state index in [4.69, 9.17) is 11.6 Å². The van der Waals surface area contributed by atoms with Crippen molar-refractivity contribution in [3.63, 3.8) is 0 Å². The van der Waals surface area contributed by atoms with Crippen LogP contribution in [0.1, 0.15) is 18.5 Å². The fraction of sp³-hybridized carbons (Fsp3) is 0.0909. The highest BCUT2D eigenvalue weighted by atomic mass is 35.5. The molecular formula is C22H19ClN4O2S. The van der Waals surface area contributed by atoms with Gasteiger partial charge >= 0.3 is 0 Å². The lowest BCUT2D eigenvalue weighted by molar-refractivity contribution is 0.601. The predicted octanol–water partition coefficient (Wildman–Crippen LogP) is 5.26. The second-order valence-electron chi connectivity index (χ2n) is 6.75. The summed E-state index contributed by atoms with van der Waals surface area (Å²) in [5.74, 6) is 0.465. The molecule has 0 aliphatic rings. The fourth-order valence-corrected chi connectivity index (χ4v) is 4.33. The van der Waals surface area contributed by atoms with Gasteiger partial charge in [-0.25, -0.2) is 18.4 Å². The van der Waals surface area contributed by atoms with Crippen molar-refractivity contribution in [2.45, 2.75) is 17.9 Å². The van der Waals surface area contributed by atoms with E-state index in [0.717, 1.165) is 5.56 Å². The third-order valence-corrected chi connectivity index (χ3v) is 6.13. The van der Waals surface area contributed by atoms with Crippen LogP contribution < -0.4 is 10.0 Å². The van der Waals surface area contributed by atoms with Crippen LogP contribution in [-0.2, 0) is 10.0 Å². The van der Waals surface area contributed by atoms with Crippen molar-refractivity contribution >= 4 is 44.3 Å². The Kier molecular flexibility index (Phi) is 5.57. The van der Waals surface area contributed by atoms with Crippen LogP contribution in [0.5, 0.6) is 0 Å². The molecule has 0 bridgehead atoms. The van der Waals surface area contributed by atoms with Crippen molar-refractivity contribution in [1.82, 2.24) is 9.97 Å². The number of hydrogen-bond donors (Lipinski definition) is 2. The molecule has 0 radical (unpaired) electrons. The maximum absolute atomic E-state index is 12.9. The number of rotatable bonds is 6. The number of benzene rings is 3. The molecule has 6 nitrogen and oxygen atoms in total. The molecular weight excluding hydrogens is 420 g/mol. The zero-order valence-corrected chi connectivity index (χ0v) is 17.7. The summed E-state index contributed by atoms with van der Waals surface area (Å²) < 4.78 is 28.4. The maximum atomic E-state index is 12.9. The van der Waals surface area contributed by atoms with Crippen molar-refractivity contribution in [1.29, 1.82) is 0 Å². The van der Waals surface area contributed by atoms with E-state index in [0.29, 0.717) is 21.9 Å². The minimum atomic E-state index is -3.90. The number of anilines is 2. The average molecular weight is 439 g/mol. The molecule has 1 aromatic heterocycles. The number of nitrogens with zero attached hydrogens (tertiary/aromatic N) is 2. The van der Waals surface area contributed by atoms with Gasteiger partial charge in [0.05, 0.1) is 22.0 Å². The normalized spacial score (nSPS) is 12.5. The number of para-hydroxylation sites is 2. The molecule has 1 atom stereocenters. The van der Waals surface area contributed by atoms with Gasteiger partial charge in [0.15, 0.2) is 11.6 Å². The maximum Gasteiger partial charge on any atom is 0.263 e. The average Bonchev–Trinajstić information content (AvgIpc) is 2.74. The van der Waals surface area contributed by atoms with Crippen LogP contribution in [0.15, 0.2) is 83.8 Å². The Bertz CT molecular complexity index is 1300. The summed E-state index contributed by atoms with van der Waals surface area (Å²) in [6.45, 7) is 1.97. The summed E-state index contributed by atoms with van der Waals surface area (Å²) in [5, 5.41) is 3.61. The zero-order valence-electron chi connectivity index (χ0n) is 16.1. The molecule has 0 fully saturated rings. The predicted molar refractivity (Wildman–Crippen MR) is 120 cm³/mol. The van der Waals surface area contributed by atoms with E-state index in [1.165, 1.54) is 12.1 Å². The first-order valence-electron chi connectivity index (χ1n) is 9.29. The van der Waals surface area contributed by atoms with E-state index in [1.807, 2.05) is 55.5 Å². The van der Waals surface area contributed by atoms with Gasteiger partial charge in [0.25, 0.3) is 10.0 Å². The van der Waals surface area contributed by atoms with Crippen molar-refractivity contribution in [2.24, 2.45) is 0 Å². The smallest absolute Gasteiger partial charge is 0.263 e. The Morgan fingerprint density at radius 1 is 0.833 bits per heavy atom. The number of hydrogen-bond acceptors (Lipinski definition) is 5. The molecule has 4 aromatic rings. The van der Waals surface area contributed by atoms with E-state index in [1.54, 1.807) is 18.2 Å². The van der Waals surface area contributed by atoms with Crippen LogP contribution in [0.4, 0.5) is 11.6 Å². The standard InChI is InChI=1S/C22H19ClN4O2S/c1-15(16-8-3-2-4-9-16)24-21-22(26-20-13-6-5-12-19(20)25-21)27-30(28,29)18-11-7-10-17(23)14-18/h2-15H,1H3,(H,24,25)(H,26,27)/t15-/m0/s1. The van der Waals surface area contributed by atoms with Crippen LogP contribution in [0.2, 0.25) is 5.02 Å². The van der Waals surface area contributed by atoms with E-state index >= 15 is 0 Å². The van der Waals surface area contributed by atoms with Crippen molar-refractivity contribution in [2.75, 3.05) is 10.0 Å². The third-order valence-electron chi connectivity index (χ3n) is 4.56. The lowest BCUT2D eigenvalue weighted by Crippen LogP contribution is -2.17. The first-order valence-corrected chi connectivity index (χ1v) is 11.2. The van der Waals surface area contributed by atoms with Gasteiger partial charge in [-0.05, 0) is 42.8 Å². The Morgan fingerprint density at radius 2 is 1.47 bits per heavy atom. The summed E-state index contributed by atoms with van der Waals surface area (Å²) >= 11 is 5.97. The highest BCUT2D eigenvalue weighted by Gasteiger charge is 2.20. The molecule has 0 amide bonds. The first kappa shape index (κ1) is 20.1. The van der Waals surface area contributed by atoms with Crippen LogP contribution >= 0.6 is 11.6 Å². The van der Waals surface area contributed by atoms with Gasteiger partial charge in [-0.2, -0.15) is 0 Å². The van der Waals surface area contributed by atoms with E-state index in [2.05, 4.69) is 20.0 Å².